The molecule has 0 spiro atoms. The zero-order valence-electron chi connectivity index (χ0n) is 7.23. The molecule has 1 aliphatic carbocycles. The third kappa shape index (κ3) is 2.42. The second-order valence-corrected chi connectivity index (χ2v) is 4.43. The molecule has 2 rings (SSSR count). The SMILES string of the molecule is OC(Cn1cncn1)CC1(Cl)CC1. The predicted molar refractivity (Wildman–Crippen MR) is 48.5 cm³/mol. The molecule has 1 N–H and O–H groups in total. The highest BCUT2D eigenvalue weighted by molar-refractivity contribution is 6.25. The van der Waals surface area contributed by atoms with Gasteiger partial charge in [0.15, 0.2) is 0 Å². The molecule has 13 heavy (non-hydrogen) atoms. The summed E-state index contributed by atoms with van der Waals surface area (Å²) in [6, 6.07) is 0. The summed E-state index contributed by atoms with van der Waals surface area (Å²) < 4.78 is 1.62. The summed E-state index contributed by atoms with van der Waals surface area (Å²) in [7, 11) is 0. The summed E-state index contributed by atoms with van der Waals surface area (Å²) in [5.41, 5.74) is 0. The van der Waals surface area contributed by atoms with Gasteiger partial charge in [-0.25, -0.2) is 4.98 Å². The van der Waals surface area contributed by atoms with E-state index in [2.05, 4.69) is 10.1 Å². The zero-order valence-corrected chi connectivity index (χ0v) is 7.98. The molecular weight excluding hydrogens is 190 g/mol. The molecule has 1 aliphatic rings. The molecule has 72 valence electrons. The van der Waals surface area contributed by atoms with Crippen LogP contribution in [0.1, 0.15) is 19.3 Å². The zero-order chi connectivity index (χ0) is 9.31. The van der Waals surface area contributed by atoms with Crippen molar-refractivity contribution in [2.24, 2.45) is 0 Å². The normalized spacial score (nSPS) is 21.4. The summed E-state index contributed by atoms with van der Waals surface area (Å²) in [6.45, 7) is 0.481. The fourth-order valence-electron chi connectivity index (χ4n) is 1.37. The molecule has 1 saturated carbocycles. The van der Waals surface area contributed by atoms with Crippen LogP contribution in [0.15, 0.2) is 12.7 Å². The predicted octanol–water partition coefficient (Wildman–Crippen LogP) is 0.800. The molecule has 0 bridgehead atoms. The van der Waals surface area contributed by atoms with Crippen molar-refractivity contribution in [2.45, 2.75) is 36.8 Å². The Morgan fingerprint density at radius 2 is 2.38 bits per heavy atom. The molecule has 1 heterocycles. The molecule has 0 saturated heterocycles. The van der Waals surface area contributed by atoms with E-state index in [1.807, 2.05) is 0 Å². The highest BCUT2D eigenvalue weighted by Gasteiger charge is 2.41. The minimum atomic E-state index is -0.415. The van der Waals surface area contributed by atoms with Gasteiger partial charge in [-0.3, -0.25) is 4.68 Å². The maximum Gasteiger partial charge on any atom is 0.137 e. The maximum absolute atomic E-state index is 9.62. The fourth-order valence-corrected chi connectivity index (χ4v) is 1.64. The van der Waals surface area contributed by atoms with Gasteiger partial charge >= 0.3 is 0 Å². The molecule has 0 aromatic carbocycles. The van der Waals surface area contributed by atoms with Crippen LogP contribution in [0.2, 0.25) is 0 Å². The summed E-state index contributed by atoms with van der Waals surface area (Å²) in [5, 5.41) is 13.5. The highest BCUT2D eigenvalue weighted by Crippen LogP contribution is 2.46. The summed E-state index contributed by atoms with van der Waals surface area (Å²) in [6.07, 6.45) is 5.32. The second kappa shape index (κ2) is 3.27. The van der Waals surface area contributed by atoms with Gasteiger partial charge in [0.2, 0.25) is 0 Å². The number of aliphatic hydroxyl groups is 1. The molecular formula is C8H12ClN3O. The molecule has 1 unspecified atom stereocenters. The molecule has 1 fully saturated rings. The van der Waals surface area contributed by atoms with E-state index in [-0.39, 0.29) is 4.87 Å². The van der Waals surface area contributed by atoms with Crippen LogP contribution in [0.3, 0.4) is 0 Å². The Balaban J connectivity index is 1.81. The third-order valence-corrected chi connectivity index (χ3v) is 2.79. The van der Waals surface area contributed by atoms with Gasteiger partial charge in [0.05, 0.1) is 12.6 Å². The number of hydrogen-bond acceptors (Lipinski definition) is 3. The number of alkyl halides is 1. The Hall–Kier alpha value is -0.610. The van der Waals surface area contributed by atoms with Gasteiger partial charge in [-0.2, -0.15) is 5.10 Å². The molecule has 0 amide bonds. The Morgan fingerprint density at radius 3 is 2.92 bits per heavy atom. The number of aromatic nitrogens is 3. The van der Waals surface area contributed by atoms with Gasteiger partial charge in [-0.05, 0) is 19.3 Å². The first-order valence-electron chi connectivity index (χ1n) is 4.37. The lowest BCUT2D eigenvalue weighted by atomic mass is 10.2. The number of halogens is 1. The third-order valence-electron chi connectivity index (χ3n) is 2.26. The van der Waals surface area contributed by atoms with Crippen molar-refractivity contribution in [1.29, 1.82) is 0 Å². The molecule has 1 aromatic heterocycles. The van der Waals surface area contributed by atoms with E-state index < -0.39 is 6.10 Å². The lowest BCUT2D eigenvalue weighted by Gasteiger charge is -2.12. The van der Waals surface area contributed by atoms with E-state index in [1.54, 1.807) is 11.0 Å². The smallest absolute Gasteiger partial charge is 0.137 e. The number of hydrogen-bond donors (Lipinski definition) is 1. The van der Waals surface area contributed by atoms with Crippen molar-refractivity contribution in [3.05, 3.63) is 12.7 Å². The van der Waals surface area contributed by atoms with Crippen LogP contribution >= 0.6 is 11.6 Å². The van der Waals surface area contributed by atoms with Crippen LogP contribution in [0, 0.1) is 0 Å². The van der Waals surface area contributed by atoms with Crippen molar-refractivity contribution in [2.75, 3.05) is 0 Å². The monoisotopic (exact) mass is 201 g/mol. The fraction of sp³-hybridized carbons (Fsp3) is 0.750. The van der Waals surface area contributed by atoms with Crippen LogP contribution in [0.4, 0.5) is 0 Å². The first-order valence-corrected chi connectivity index (χ1v) is 4.75. The van der Waals surface area contributed by atoms with E-state index in [0.29, 0.717) is 13.0 Å². The maximum atomic E-state index is 9.62. The lowest BCUT2D eigenvalue weighted by molar-refractivity contribution is 0.136. The Kier molecular flexibility index (Phi) is 2.26. The Bertz CT molecular complexity index is 271. The average Bonchev–Trinajstić information content (AvgIpc) is 2.61. The van der Waals surface area contributed by atoms with E-state index in [0.717, 1.165) is 12.8 Å². The first kappa shape index (κ1) is 8.97. The largest absolute Gasteiger partial charge is 0.391 e. The lowest BCUT2D eigenvalue weighted by Crippen LogP contribution is -2.21. The van der Waals surface area contributed by atoms with Crippen molar-refractivity contribution in [3.63, 3.8) is 0 Å². The summed E-state index contributed by atoms with van der Waals surface area (Å²) in [5.74, 6) is 0. The van der Waals surface area contributed by atoms with E-state index in [1.165, 1.54) is 6.33 Å². The first-order chi connectivity index (χ1) is 6.18. The Labute approximate surface area is 81.5 Å². The van der Waals surface area contributed by atoms with Crippen LogP contribution in [-0.4, -0.2) is 30.8 Å². The number of aliphatic hydroxyl groups excluding tert-OH is 1. The van der Waals surface area contributed by atoms with Gasteiger partial charge in [-0.15, -0.1) is 11.6 Å². The summed E-state index contributed by atoms with van der Waals surface area (Å²) in [4.78, 5) is 3.67. The van der Waals surface area contributed by atoms with Gasteiger partial charge in [0.25, 0.3) is 0 Å². The van der Waals surface area contributed by atoms with E-state index in [9.17, 15) is 5.11 Å². The van der Waals surface area contributed by atoms with Crippen molar-refractivity contribution in [1.82, 2.24) is 14.8 Å². The molecule has 0 radical (unpaired) electrons. The van der Waals surface area contributed by atoms with Gasteiger partial charge in [0, 0.05) is 4.87 Å². The van der Waals surface area contributed by atoms with E-state index in [4.69, 9.17) is 11.6 Å². The van der Waals surface area contributed by atoms with Gasteiger partial charge in [-0.1, -0.05) is 0 Å². The standard InChI is InChI=1S/C8H12ClN3O/c9-8(1-2-8)3-7(13)4-12-6-10-5-11-12/h5-7,13H,1-4H2. The van der Waals surface area contributed by atoms with Crippen molar-refractivity contribution >= 4 is 11.6 Å². The van der Waals surface area contributed by atoms with Crippen LogP contribution in [0.25, 0.3) is 0 Å². The molecule has 0 aliphatic heterocycles. The molecule has 1 atom stereocenters. The number of nitrogens with zero attached hydrogens (tertiary/aromatic N) is 3. The highest BCUT2D eigenvalue weighted by atomic mass is 35.5. The van der Waals surface area contributed by atoms with Gasteiger partial charge in [0.1, 0.15) is 12.7 Å². The average molecular weight is 202 g/mol. The topological polar surface area (TPSA) is 50.9 Å². The van der Waals surface area contributed by atoms with Crippen molar-refractivity contribution in [3.8, 4) is 0 Å². The van der Waals surface area contributed by atoms with Crippen molar-refractivity contribution < 1.29 is 5.11 Å². The minimum absolute atomic E-state index is 0.125. The quantitative estimate of drug-likeness (QED) is 0.734. The van der Waals surface area contributed by atoms with E-state index >= 15 is 0 Å². The minimum Gasteiger partial charge on any atom is -0.391 e. The number of rotatable bonds is 4. The molecule has 1 aromatic rings. The van der Waals surface area contributed by atoms with Gasteiger partial charge < -0.3 is 5.11 Å². The Morgan fingerprint density at radius 1 is 1.62 bits per heavy atom. The van der Waals surface area contributed by atoms with Crippen LogP contribution < -0.4 is 0 Å². The second-order valence-electron chi connectivity index (χ2n) is 3.63. The summed E-state index contributed by atoms with van der Waals surface area (Å²) >= 11 is 6.07. The van der Waals surface area contributed by atoms with Crippen LogP contribution in [-0.2, 0) is 6.54 Å². The van der Waals surface area contributed by atoms with Crippen LogP contribution in [0.5, 0.6) is 0 Å². The molecule has 5 heteroatoms. The molecule has 4 nitrogen and oxygen atoms in total.